The quantitative estimate of drug-likeness (QED) is 0.451. The summed E-state index contributed by atoms with van der Waals surface area (Å²) in [5.74, 6) is 0.756. The minimum absolute atomic E-state index is 0.0467. The lowest BCUT2D eigenvalue weighted by atomic mass is 10.1. The Morgan fingerprint density at radius 1 is 1.19 bits per heavy atom. The van der Waals surface area contributed by atoms with E-state index in [0.29, 0.717) is 40.3 Å². The highest BCUT2D eigenvalue weighted by Gasteiger charge is 2.17. The van der Waals surface area contributed by atoms with E-state index < -0.39 is 5.82 Å². The maximum atomic E-state index is 14.8. The molecule has 0 radical (unpaired) electrons. The van der Waals surface area contributed by atoms with Crippen LogP contribution in [0.5, 0.6) is 17.2 Å². The van der Waals surface area contributed by atoms with Crippen LogP contribution >= 0.6 is 0 Å². The van der Waals surface area contributed by atoms with E-state index in [1.807, 2.05) is 13.8 Å². The number of aryl methyl sites for hydroxylation is 1. The lowest BCUT2D eigenvalue weighted by Gasteiger charge is -2.16. The van der Waals surface area contributed by atoms with E-state index in [4.69, 9.17) is 25.7 Å². The van der Waals surface area contributed by atoms with Crippen LogP contribution in [0.4, 0.5) is 10.1 Å². The van der Waals surface area contributed by atoms with Gasteiger partial charge in [0.05, 0.1) is 13.7 Å². The third-order valence-corrected chi connectivity index (χ3v) is 4.11. The van der Waals surface area contributed by atoms with Gasteiger partial charge in [-0.05, 0) is 38.1 Å². The average molecular weight is 371 g/mol. The molecule has 7 heteroatoms. The zero-order valence-corrected chi connectivity index (χ0v) is 15.4. The van der Waals surface area contributed by atoms with Crippen molar-refractivity contribution >= 4 is 22.3 Å². The first-order chi connectivity index (χ1) is 13.0. The second-order valence-electron chi connectivity index (χ2n) is 5.95. The zero-order valence-electron chi connectivity index (χ0n) is 15.4. The Hall–Kier alpha value is -3.35. The molecule has 1 aromatic heterocycles. The van der Waals surface area contributed by atoms with Gasteiger partial charge in [-0.1, -0.05) is 0 Å². The summed E-state index contributed by atoms with van der Waals surface area (Å²) in [5.41, 5.74) is 14.3. The number of rotatable bonds is 6. The number of nitrogens with one attached hydrogen (secondary N) is 1. The Kier molecular flexibility index (Phi) is 5.12. The first-order valence-electron chi connectivity index (χ1n) is 8.46. The molecule has 1 heterocycles. The van der Waals surface area contributed by atoms with Gasteiger partial charge in [0.1, 0.15) is 0 Å². The molecule has 0 aliphatic heterocycles. The summed E-state index contributed by atoms with van der Waals surface area (Å²) in [6.45, 7) is 4.18. The summed E-state index contributed by atoms with van der Waals surface area (Å²) in [6, 6.07) is 8.28. The van der Waals surface area contributed by atoms with Gasteiger partial charge in [0, 0.05) is 40.1 Å². The zero-order chi connectivity index (χ0) is 19.6. The molecule has 0 aliphatic carbocycles. The minimum atomic E-state index is -0.479. The summed E-state index contributed by atoms with van der Waals surface area (Å²) < 4.78 is 31.4. The molecule has 3 rings (SSSR count). The number of hydrogen-bond donors (Lipinski definition) is 3. The van der Waals surface area contributed by atoms with Crippen LogP contribution in [0.2, 0.25) is 0 Å². The molecule has 2 aromatic carbocycles. The smallest absolute Gasteiger partial charge is 0.175 e. The highest BCUT2D eigenvalue weighted by Crippen LogP contribution is 2.37. The van der Waals surface area contributed by atoms with Crippen molar-refractivity contribution in [2.24, 2.45) is 5.73 Å². The number of nitrogen functional groups attached to an aromatic ring is 1. The van der Waals surface area contributed by atoms with Crippen molar-refractivity contribution < 1.29 is 18.6 Å². The van der Waals surface area contributed by atoms with Gasteiger partial charge >= 0.3 is 0 Å². The van der Waals surface area contributed by atoms with Crippen LogP contribution in [-0.4, -0.2) is 18.7 Å². The van der Waals surface area contributed by atoms with E-state index in [0.717, 1.165) is 5.69 Å². The summed E-state index contributed by atoms with van der Waals surface area (Å²) >= 11 is 0. The topological polar surface area (TPSA) is 95.5 Å². The predicted octanol–water partition coefficient (Wildman–Crippen LogP) is 3.94. The molecule has 0 saturated heterocycles. The standard InChI is InChI=1S/C20H22FN3O3/c1-4-26-18-9-14(23)12(8-17(18)25-3)19(10-22)27-16-6-5-15-13(20(16)21)7-11(2)24-15/h5-10,24H,4,22-23H2,1-3H3/b19-10+. The molecule has 0 fully saturated rings. The molecule has 0 bridgehead atoms. The van der Waals surface area contributed by atoms with E-state index >= 15 is 0 Å². The molecular formula is C20H22FN3O3. The lowest BCUT2D eigenvalue weighted by Crippen LogP contribution is -2.05. The molecular weight excluding hydrogens is 349 g/mol. The molecule has 0 saturated carbocycles. The molecule has 0 amide bonds. The fraction of sp³-hybridized carbons (Fsp3) is 0.200. The third kappa shape index (κ3) is 3.48. The number of hydrogen-bond acceptors (Lipinski definition) is 5. The van der Waals surface area contributed by atoms with Gasteiger partial charge in [-0.2, -0.15) is 0 Å². The van der Waals surface area contributed by atoms with Crippen molar-refractivity contribution in [1.29, 1.82) is 0 Å². The van der Waals surface area contributed by atoms with Crippen molar-refractivity contribution in [2.45, 2.75) is 13.8 Å². The van der Waals surface area contributed by atoms with Crippen molar-refractivity contribution in [3.63, 3.8) is 0 Å². The van der Waals surface area contributed by atoms with E-state index in [1.54, 1.807) is 30.3 Å². The number of anilines is 1. The number of ether oxygens (including phenoxy) is 3. The maximum Gasteiger partial charge on any atom is 0.175 e. The minimum Gasteiger partial charge on any atom is -0.493 e. The van der Waals surface area contributed by atoms with Gasteiger partial charge in [-0.15, -0.1) is 0 Å². The Labute approximate surface area is 156 Å². The number of H-pyrrole nitrogens is 1. The first-order valence-corrected chi connectivity index (χ1v) is 8.46. The monoisotopic (exact) mass is 371 g/mol. The van der Waals surface area contributed by atoms with Crippen LogP contribution in [0.15, 0.2) is 36.5 Å². The van der Waals surface area contributed by atoms with Crippen LogP contribution in [0.3, 0.4) is 0 Å². The fourth-order valence-electron chi connectivity index (χ4n) is 2.88. The number of nitrogens with two attached hydrogens (primary N) is 2. The number of benzene rings is 2. The lowest BCUT2D eigenvalue weighted by molar-refractivity contribution is 0.311. The van der Waals surface area contributed by atoms with Gasteiger partial charge in [-0.3, -0.25) is 0 Å². The summed E-state index contributed by atoms with van der Waals surface area (Å²) in [5, 5.41) is 0.443. The second-order valence-corrected chi connectivity index (χ2v) is 5.95. The van der Waals surface area contributed by atoms with Crippen molar-refractivity contribution in [1.82, 2.24) is 4.98 Å². The molecule has 5 N–H and O–H groups in total. The molecule has 6 nitrogen and oxygen atoms in total. The van der Waals surface area contributed by atoms with Gasteiger partial charge in [0.2, 0.25) is 0 Å². The highest BCUT2D eigenvalue weighted by atomic mass is 19.1. The average Bonchev–Trinajstić information content (AvgIpc) is 3.04. The summed E-state index contributed by atoms with van der Waals surface area (Å²) in [4.78, 5) is 3.08. The number of aromatic amines is 1. The summed E-state index contributed by atoms with van der Waals surface area (Å²) in [7, 11) is 1.52. The second kappa shape index (κ2) is 7.49. The Bertz CT molecular complexity index is 1010. The van der Waals surface area contributed by atoms with Gasteiger partial charge in [-0.25, -0.2) is 4.39 Å². The molecule has 142 valence electrons. The van der Waals surface area contributed by atoms with E-state index in [1.165, 1.54) is 13.3 Å². The molecule has 0 unspecified atom stereocenters. The Balaban J connectivity index is 2.00. The fourth-order valence-corrected chi connectivity index (χ4v) is 2.88. The Morgan fingerprint density at radius 3 is 2.63 bits per heavy atom. The number of methoxy groups -OCH3 is 1. The van der Waals surface area contributed by atoms with Crippen LogP contribution in [0.25, 0.3) is 16.7 Å². The van der Waals surface area contributed by atoms with Crippen LogP contribution < -0.4 is 25.7 Å². The third-order valence-electron chi connectivity index (χ3n) is 4.11. The van der Waals surface area contributed by atoms with E-state index in [9.17, 15) is 4.39 Å². The maximum absolute atomic E-state index is 14.8. The van der Waals surface area contributed by atoms with Gasteiger partial charge in [0.15, 0.2) is 28.8 Å². The van der Waals surface area contributed by atoms with Gasteiger partial charge < -0.3 is 30.7 Å². The number of aromatic nitrogens is 1. The number of halogens is 1. The van der Waals surface area contributed by atoms with Crippen LogP contribution in [0, 0.1) is 12.7 Å². The molecule has 3 aromatic rings. The van der Waals surface area contributed by atoms with Crippen molar-refractivity contribution in [3.8, 4) is 17.2 Å². The SMILES string of the molecule is CCOc1cc(N)c(/C(=C\N)Oc2ccc3[nH]c(C)cc3c2F)cc1OC. The molecule has 27 heavy (non-hydrogen) atoms. The van der Waals surface area contributed by atoms with E-state index in [-0.39, 0.29) is 11.5 Å². The largest absolute Gasteiger partial charge is 0.493 e. The first kappa shape index (κ1) is 18.4. The van der Waals surface area contributed by atoms with E-state index in [2.05, 4.69) is 4.98 Å². The highest BCUT2D eigenvalue weighted by molar-refractivity contribution is 5.83. The van der Waals surface area contributed by atoms with Gasteiger partial charge in [0.25, 0.3) is 0 Å². The normalized spacial score (nSPS) is 11.6. The molecule has 0 atom stereocenters. The van der Waals surface area contributed by atoms with Crippen molar-refractivity contribution in [2.75, 3.05) is 19.5 Å². The molecule has 0 spiro atoms. The van der Waals surface area contributed by atoms with Crippen LogP contribution in [-0.2, 0) is 0 Å². The molecule has 0 aliphatic rings. The Morgan fingerprint density at radius 2 is 1.96 bits per heavy atom. The van der Waals surface area contributed by atoms with Crippen molar-refractivity contribution in [3.05, 3.63) is 53.6 Å². The van der Waals surface area contributed by atoms with Crippen LogP contribution in [0.1, 0.15) is 18.2 Å². The summed E-state index contributed by atoms with van der Waals surface area (Å²) in [6.07, 6.45) is 1.23. The number of fused-ring (bicyclic) bond motifs is 1. The predicted molar refractivity (Wildman–Crippen MR) is 104 cm³/mol.